The van der Waals surface area contributed by atoms with E-state index in [1.54, 1.807) is 0 Å². The Kier molecular flexibility index (Phi) is 8.28. The number of anilines is 4. The Labute approximate surface area is 302 Å². The molecule has 0 bridgehead atoms. The van der Waals surface area contributed by atoms with E-state index in [1.807, 2.05) is 46.2 Å². The maximum atomic E-state index is 13.3. The molecular formula is C38H47N11O3. The van der Waals surface area contributed by atoms with E-state index in [4.69, 9.17) is 5.10 Å². The van der Waals surface area contributed by atoms with Gasteiger partial charge in [-0.15, -0.1) is 0 Å². The summed E-state index contributed by atoms with van der Waals surface area (Å²) in [5, 5.41) is 19.2. The molecule has 4 fully saturated rings. The van der Waals surface area contributed by atoms with Gasteiger partial charge in [-0.2, -0.15) is 10.2 Å². The van der Waals surface area contributed by atoms with Crippen molar-refractivity contribution >= 4 is 40.6 Å². The molecule has 6 heterocycles. The number of carbonyl (C=O) groups is 3. The van der Waals surface area contributed by atoms with E-state index < -0.39 is 0 Å². The number of nitrogens with one attached hydrogen (secondary N) is 4. The van der Waals surface area contributed by atoms with Gasteiger partial charge in [0.2, 0.25) is 5.91 Å². The number of benzene rings is 1. The number of likely N-dealkylation sites (tertiary alicyclic amines) is 2. The van der Waals surface area contributed by atoms with Gasteiger partial charge >= 0.3 is 0 Å². The highest BCUT2D eigenvalue weighted by Gasteiger charge is 2.38. The number of hydrogen-bond acceptors (Lipinski definition) is 8. The van der Waals surface area contributed by atoms with Crippen LogP contribution in [0.2, 0.25) is 0 Å². The lowest BCUT2D eigenvalue weighted by molar-refractivity contribution is -0.117. The van der Waals surface area contributed by atoms with Crippen molar-refractivity contribution in [3.8, 4) is 11.1 Å². The molecule has 0 spiro atoms. The van der Waals surface area contributed by atoms with E-state index in [0.29, 0.717) is 22.9 Å². The molecule has 0 radical (unpaired) electrons. The van der Waals surface area contributed by atoms with Crippen molar-refractivity contribution in [2.24, 2.45) is 5.92 Å². The second-order valence-electron chi connectivity index (χ2n) is 15.1. The molecule has 1 aromatic carbocycles. The molecule has 272 valence electrons. The lowest BCUT2D eigenvalue weighted by Gasteiger charge is -2.43. The van der Waals surface area contributed by atoms with E-state index in [0.717, 1.165) is 107 Å². The smallest absolute Gasteiger partial charge is 0.274 e. The molecular weight excluding hydrogens is 658 g/mol. The highest BCUT2D eigenvalue weighted by molar-refractivity contribution is 6.03. The van der Waals surface area contributed by atoms with Gasteiger partial charge in [-0.25, -0.2) is 0 Å². The van der Waals surface area contributed by atoms with Crippen LogP contribution in [0.4, 0.5) is 22.9 Å². The van der Waals surface area contributed by atoms with Crippen LogP contribution in [0.15, 0.2) is 42.7 Å². The second-order valence-corrected chi connectivity index (χ2v) is 15.1. The summed E-state index contributed by atoms with van der Waals surface area (Å²) in [6.45, 7) is 7.28. The number of aromatic amines is 1. The largest absolute Gasteiger partial charge is 0.364 e. The molecule has 3 aliphatic heterocycles. The Morgan fingerprint density at radius 1 is 0.981 bits per heavy atom. The zero-order valence-corrected chi connectivity index (χ0v) is 29.9. The van der Waals surface area contributed by atoms with E-state index >= 15 is 0 Å². The quantitative estimate of drug-likeness (QED) is 0.165. The van der Waals surface area contributed by atoms with Crippen molar-refractivity contribution in [2.75, 3.05) is 55.3 Å². The molecule has 4 N–H and O–H groups in total. The lowest BCUT2D eigenvalue weighted by Crippen LogP contribution is -2.50. The fourth-order valence-corrected chi connectivity index (χ4v) is 8.07. The van der Waals surface area contributed by atoms with Crippen molar-refractivity contribution in [2.45, 2.75) is 76.5 Å². The van der Waals surface area contributed by atoms with Gasteiger partial charge in [0.1, 0.15) is 17.2 Å². The molecule has 14 heteroatoms. The Morgan fingerprint density at radius 2 is 1.79 bits per heavy atom. The Bertz CT molecular complexity index is 2010. The maximum Gasteiger partial charge on any atom is 0.274 e. The SMILES string of the molecule is CCC1c2c(cnn2C2CN(CCn3ccc(C(=O)N4CCCC4)n3)C2)-c2cccc(Nc3cc(NC(=O)C4CC4)[nH]c3C(=O)NC3CC3)c2N1C. The summed E-state index contributed by atoms with van der Waals surface area (Å²) < 4.78 is 4.12. The molecule has 2 aliphatic carbocycles. The first kappa shape index (κ1) is 32.8. The molecule has 52 heavy (non-hydrogen) atoms. The summed E-state index contributed by atoms with van der Waals surface area (Å²) in [5.41, 5.74) is 6.96. The fraction of sp³-hybridized carbons (Fsp3) is 0.500. The van der Waals surface area contributed by atoms with Gasteiger partial charge in [0.05, 0.1) is 47.6 Å². The molecule has 2 saturated heterocycles. The van der Waals surface area contributed by atoms with E-state index in [2.05, 4.69) is 60.6 Å². The minimum Gasteiger partial charge on any atom is -0.364 e. The summed E-state index contributed by atoms with van der Waals surface area (Å²) in [5.74, 6) is 0.417. The van der Waals surface area contributed by atoms with E-state index in [9.17, 15) is 14.4 Å². The maximum absolute atomic E-state index is 13.3. The van der Waals surface area contributed by atoms with Crippen LogP contribution in [-0.2, 0) is 11.3 Å². The van der Waals surface area contributed by atoms with Gasteiger partial charge in [-0.05, 0) is 57.1 Å². The predicted octanol–water partition coefficient (Wildman–Crippen LogP) is 4.75. The zero-order chi connectivity index (χ0) is 35.5. The predicted molar refractivity (Wildman–Crippen MR) is 198 cm³/mol. The molecule has 4 aromatic rings. The van der Waals surface area contributed by atoms with Crippen LogP contribution < -0.4 is 20.9 Å². The van der Waals surface area contributed by atoms with E-state index in [1.165, 1.54) is 5.69 Å². The minimum absolute atomic E-state index is 0.0128. The zero-order valence-electron chi connectivity index (χ0n) is 29.9. The number of rotatable bonds is 12. The first-order chi connectivity index (χ1) is 25.3. The molecule has 5 aliphatic rings. The third-order valence-corrected chi connectivity index (χ3v) is 11.3. The van der Waals surface area contributed by atoms with Crippen LogP contribution in [0, 0.1) is 5.92 Å². The molecule has 3 amide bonds. The Hall–Kier alpha value is -5.11. The number of hydrogen-bond donors (Lipinski definition) is 4. The monoisotopic (exact) mass is 705 g/mol. The third-order valence-electron chi connectivity index (χ3n) is 11.3. The third kappa shape index (κ3) is 6.12. The van der Waals surface area contributed by atoms with Gasteiger partial charge in [0.25, 0.3) is 11.8 Å². The molecule has 14 nitrogen and oxygen atoms in total. The van der Waals surface area contributed by atoms with Crippen LogP contribution in [0.1, 0.15) is 90.6 Å². The normalized spacial score (nSPS) is 20.0. The summed E-state index contributed by atoms with van der Waals surface area (Å²) in [4.78, 5) is 48.5. The summed E-state index contributed by atoms with van der Waals surface area (Å²) in [6.07, 6.45) is 10.7. The topological polar surface area (TPSA) is 148 Å². The number of carbonyl (C=O) groups excluding carboxylic acids is 3. The molecule has 2 saturated carbocycles. The van der Waals surface area contributed by atoms with Gasteiger partial charge in [-0.1, -0.05) is 19.1 Å². The standard InChI is InChI=1S/C38H47N11O3/c1-3-31-35-27(20-39-49(35)25-21-46(22-25)17-18-48-16-13-29(44-48)38(52)47-14-4-5-15-47)26-7-6-8-28(34(26)45(31)2)41-30-19-32(43-36(50)23-9-10-23)42-33(30)37(51)40-24-11-12-24/h6-8,13,16,19-20,23-25,31,41-42H,3-5,9-12,14-15,17-18,21-22H2,1-2H3,(H,40,51)(H,43,50). The van der Waals surface area contributed by atoms with E-state index in [-0.39, 0.29) is 41.8 Å². The van der Waals surface area contributed by atoms with Crippen LogP contribution in [0.3, 0.4) is 0 Å². The lowest BCUT2D eigenvalue weighted by atomic mass is 9.91. The average Bonchev–Trinajstić information content (AvgIpc) is 3.88. The summed E-state index contributed by atoms with van der Waals surface area (Å²) >= 11 is 0. The highest BCUT2D eigenvalue weighted by atomic mass is 16.2. The average molecular weight is 706 g/mol. The number of aromatic nitrogens is 5. The second kappa shape index (κ2) is 13.1. The first-order valence-electron chi connectivity index (χ1n) is 18.9. The fourth-order valence-electron chi connectivity index (χ4n) is 8.07. The summed E-state index contributed by atoms with van der Waals surface area (Å²) in [7, 11) is 2.14. The molecule has 3 aromatic heterocycles. The number of nitrogens with zero attached hydrogens (tertiary/aromatic N) is 7. The van der Waals surface area contributed by atoms with Crippen LogP contribution in [0.5, 0.6) is 0 Å². The van der Waals surface area contributed by atoms with Crippen molar-refractivity contribution in [1.29, 1.82) is 0 Å². The summed E-state index contributed by atoms with van der Waals surface area (Å²) in [6, 6.07) is 10.5. The van der Waals surface area contributed by atoms with Crippen molar-refractivity contribution in [3.63, 3.8) is 0 Å². The van der Waals surface area contributed by atoms with Crippen LogP contribution in [0.25, 0.3) is 11.1 Å². The number of amides is 3. The number of H-pyrrole nitrogens is 1. The van der Waals surface area contributed by atoms with Crippen LogP contribution >= 0.6 is 0 Å². The van der Waals surface area contributed by atoms with Crippen molar-refractivity contribution in [3.05, 3.63) is 59.8 Å². The van der Waals surface area contributed by atoms with Gasteiger partial charge in [-0.3, -0.25) is 28.6 Å². The number of para-hydroxylation sites is 1. The van der Waals surface area contributed by atoms with Crippen molar-refractivity contribution in [1.82, 2.24) is 39.7 Å². The Morgan fingerprint density at radius 3 is 2.54 bits per heavy atom. The molecule has 1 atom stereocenters. The van der Waals surface area contributed by atoms with Crippen LogP contribution in [-0.4, -0.2) is 97.9 Å². The Balaban J connectivity index is 0.916. The highest BCUT2D eigenvalue weighted by Crippen LogP contribution is 2.50. The first-order valence-corrected chi connectivity index (χ1v) is 18.9. The molecule has 9 rings (SSSR count). The number of fused-ring (bicyclic) bond motifs is 3. The minimum atomic E-state index is -0.179. The van der Waals surface area contributed by atoms with Gasteiger partial charge in [0.15, 0.2) is 0 Å². The van der Waals surface area contributed by atoms with Crippen molar-refractivity contribution < 1.29 is 14.4 Å². The van der Waals surface area contributed by atoms with Gasteiger partial charge in [0, 0.05) is 75.1 Å². The van der Waals surface area contributed by atoms with Gasteiger partial charge < -0.3 is 30.7 Å². The molecule has 1 unspecified atom stereocenters.